The van der Waals surface area contributed by atoms with Gasteiger partial charge in [-0.05, 0) is 40.3 Å². The van der Waals surface area contributed by atoms with E-state index in [9.17, 15) is 4.79 Å². The molecule has 0 atom stereocenters. The second-order valence-electron chi connectivity index (χ2n) is 4.31. The number of hydrogen-bond acceptors (Lipinski definition) is 2. The highest BCUT2D eigenvalue weighted by atomic mass is 127. The second kappa shape index (κ2) is 5.07. The lowest BCUT2D eigenvalue weighted by atomic mass is 9.85. The van der Waals surface area contributed by atoms with Crippen molar-refractivity contribution in [3.8, 4) is 0 Å². The van der Waals surface area contributed by atoms with Crippen LogP contribution in [0.1, 0.15) is 19.4 Å². The van der Waals surface area contributed by atoms with E-state index in [0.717, 1.165) is 5.56 Å². The summed E-state index contributed by atoms with van der Waals surface area (Å²) in [7, 11) is 0. The van der Waals surface area contributed by atoms with Gasteiger partial charge in [0, 0.05) is 22.0 Å². The maximum atomic E-state index is 11.9. The Bertz CT molecular complexity index is 343. The first kappa shape index (κ1) is 12.6. The molecule has 0 unspecified atom stereocenters. The molecule has 0 amide bonds. The first-order valence-corrected chi connectivity index (χ1v) is 6.01. The van der Waals surface area contributed by atoms with Gasteiger partial charge in [-0.25, -0.2) is 0 Å². The summed E-state index contributed by atoms with van der Waals surface area (Å²) in [6, 6.07) is 8.01. The number of nitrogens with two attached hydrogens (primary N) is 1. The van der Waals surface area contributed by atoms with Crippen molar-refractivity contribution in [2.24, 2.45) is 11.1 Å². The Hall–Kier alpha value is -0.420. The molecule has 0 aliphatic carbocycles. The summed E-state index contributed by atoms with van der Waals surface area (Å²) in [4.78, 5) is 11.9. The van der Waals surface area contributed by atoms with Crippen molar-refractivity contribution in [3.63, 3.8) is 0 Å². The molecule has 0 saturated heterocycles. The molecular weight excluding hydrogens is 301 g/mol. The number of halogens is 1. The number of hydrogen-bond donors (Lipinski definition) is 1. The number of benzene rings is 1. The Labute approximate surface area is 104 Å². The fourth-order valence-electron chi connectivity index (χ4n) is 1.14. The molecule has 2 nitrogen and oxygen atoms in total. The van der Waals surface area contributed by atoms with Crippen LogP contribution in [0.5, 0.6) is 0 Å². The molecule has 0 aromatic heterocycles. The molecule has 0 aliphatic rings. The van der Waals surface area contributed by atoms with Crippen LogP contribution in [0.25, 0.3) is 0 Å². The topological polar surface area (TPSA) is 43.1 Å². The Morgan fingerprint density at radius 1 is 1.33 bits per heavy atom. The lowest BCUT2D eigenvalue weighted by Crippen LogP contribution is -2.33. The average Bonchev–Trinajstić information content (AvgIpc) is 2.21. The molecule has 2 N–H and O–H groups in total. The Balaban J connectivity index is 2.71. The number of rotatable bonds is 4. The minimum atomic E-state index is -0.414. The van der Waals surface area contributed by atoms with E-state index in [1.807, 2.05) is 38.1 Å². The smallest absolute Gasteiger partial charge is 0.144 e. The molecule has 0 aliphatic heterocycles. The van der Waals surface area contributed by atoms with E-state index in [2.05, 4.69) is 22.6 Å². The van der Waals surface area contributed by atoms with Crippen LogP contribution in [-0.4, -0.2) is 12.3 Å². The van der Waals surface area contributed by atoms with Gasteiger partial charge in [-0.15, -0.1) is 0 Å². The summed E-state index contributed by atoms with van der Waals surface area (Å²) in [5.41, 5.74) is 6.21. The van der Waals surface area contributed by atoms with Gasteiger partial charge in [0.15, 0.2) is 0 Å². The van der Waals surface area contributed by atoms with Crippen LogP contribution >= 0.6 is 22.6 Å². The van der Waals surface area contributed by atoms with Crippen LogP contribution in [0.4, 0.5) is 0 Å². The van der Waals surface area contributed by atoms with Crippen LogP contribution in [-0.2, 0) is 11.2 Å². The van der Waals surface area contributed by atoms with Crippen molar-refractivity contribution in [2.45, 2.75) is 20.3 Å². The summed E-state index contributed by atoms with van der Waals surface area (Å²) in [5, 5.41) is 0. The minimum Gasteiger partial charge on any atom is -0.329 e. The van der Waals surface area contributed by atoms with E-state index >= 15 is 0 Å². The minimum absolute atomic E-state index is 0.200. The fraction of sp³-hybridized carbons (Fsp3) is 0.417. The average molecular weight is 317 g/mol. The van der Waals surface area contributed by atoms with E-state index < -0.39 is 5.41 Å². The molecule has 0 heterocycles. The van der Waals surface area contributed by atoms with E-state index in [-0.39, 0.29) is 5.78 Å². The molecule has 1 aromatic rings. The first-order valence-electron chi connectivity index (χ1n) is 4.93. The maximum Gasteiger partial charge on any atom is 0.144 e. The van der Waals surface area contributed by atoms with Crippen molar-refractivity contribution in [3.05, 3.63) is 33.4 Å². The van der Waals surface area contributed by atoms with Crippen LogP contribution in [0.3, 0.4) is 0 Å². The van der Waals surface area contributed by atoms with Gasteiger partial charge < -0.3 is 5.73 Å². The van der Waals surface area contributed by atoms with Crippen molar-refractivity contribution >= 4 is 28.4 Å². The molecule has 1 aromatic carbocycles. The first-order chi connectivity index (χ1) is 6.95. The molecule has 0 fully saturated rings. The van der Waals surface area contributed by atoms with Gasteiger partial charge in [0.25, 0.3) is 0 Å². The lowest BCUT2D eigenvalue weighted by molar-refractivity contribution is -0.125. The highest BCUT2D eigenvalue weighted by Gasteiger charge is 2.25. The van der Waals surface area contributed by atoms with Gasteiger partial charge in [-0.1, -0.05) is 26.0 Å². The predicted molar refractivity (Wildman–Crippen MR) is 70.7 cm³/mol. The lowest BCUT2D eigenvalue weighted by Gasteiger charge is -2.20. The summed E-state index contributed by atoms with van der Waals surface area (Å²) in [6.45, 7) is 4.18. The number of carbonyl (C=O) groups excluding carboxylic acids is 1. The number of ketones is 1. The summed E-state index contributed by atoms with van der Waals surface area (Å²) >= 11 is 2.25. The zero-order chi connectivity index (χ0) is 11.5. The van der Waals surface area contributed by atoms with Crippen molar-refractivity contribution in [1.29, 1.82) is 0 Å². The van der Waals surface area contributed by atoms with E-state index in [0.29, 0.717) is 13.0 Å². The monoisotopic (exact) mass is 317 g/mol. The highest BCUT2D eigenvalue weighted by molar-refractivity contribution is 14.1. The normalized spacial score (nSPS) is 11.5. The van der Waals surface area contributed by atoms with Gasteiger partial charge in [0.1, 0.15) is 5.78 Å². The predicted octanol–water partition coefficient (Wildman–Crippen LogP) is 2.39. The molecule has 0 bridgehead atoms. The fourth-order valence-corrected chi connectivity index (χ4v) is 1.50. The summed E-state index contributed by atoms with van der Waals surface area (Å²) in [6.07, 6.45) is 0.473. The van der Waals surface area contributed by atoms with Gasteiger partial charge in [-0.3, -0.25) is 4.79 Å². The molecular formula is C12H16INO. The van der Waals surface area contributed by atoms with E-state index in [1.165, 1.54) is 3.57 Å². The third-order valence-corrected chi connectivity index (χ3v) is 3.26. The van der Waals surface area contributed by atoms with Crippen LogP contribution in [0.2, 0.25) is 0 Å². The third kappa shape index (κ3) is 3.57. The Morgan fingerprint density at radius 3 is 2.33 bits per heavy atom. The zero-order valence-corrected chi connectivity index (χ0v) is 11.2. The molecule has 0 spiro atoms. The largest absolute Gasteiger partial charge is 0.329 e. The Kier molecular flexibility index (Phi) is 4.28. The Morgan fingerprint density at radius 2 is 1.87 bits per heavy atom. The molecule has 1 rings (SSSR count). The van der Waals surface area contributed by atoms with Gasteiger partial charge in [-0.2, -0.15) is 0 Å². The standard InChI is InChI=1S/C12H16INO/c1-12(2,8-14)11(15)7-9-3-5-10(13)6-4-9/h3-6H,7-8,14H2,1-2H3. The highest BCUT2D eigenvalue weighted by Crippen LogP contribution is 2.18. The van der Waals surface area contributed by atoms with E-state index in [1.54, 1.807) is 0 Å². The maximum absolute atomic E-state index is 11.9. The molecule has 0 radical (unpaired) electrons. The SMILES string of the molecule is CC(C)(CN)C(=O)Cc1ccc(I)cc1. The number of Topliss-reactive ketones (excluding diaryl/α,β-unsaturated/α-hetero) is 1. The second-order valence-corrected chi connectivity index (χ2v) is 5.56. The zero-order valence-electron chi connectivity index (χ0n) is 9.09. The number of carbonyl (C=O) groups is 1. The van der Waals surface area contributed by atoms with Gasteiger partial charge in [0.2, 0.25) is 0 Å². The molecule has 82 valence electrons. The molecule has 3 heteroatoms. The van der Waals surface area contributed by atoms with Crippen LogP contribution < -0.4 is 5.73 Å². The summed E-state index contributed by atoms with van der Waals surface area (Å²) < 4.78 is 1.18. The molecule has 0 saturated carbocycles. The quantitative estimate of drug-likeness (QED) is 0.867. The van der Waals surface area contributed by atoms with Gasteiger partial charge in [0.05, 0.1) is 0 Å². The van der Waals surface area contributed by atoms with Crippen molar-refractivity contribution in [2.75, 3.05) is 6.54 Å². The van der Waals surface area contributed by atoms with E-state index in [4.69, 9.17) is 5.73 Å². The third-order valence-electron chi connectivity index (χ3n) is 2.54. The summed E-state index contributed by atoms with van der Waals surface area (Å²) in [5.74, 6) is 0.200. The molecule has 15 heavy (non-hydrogen) atoms. The van der Waals surface area contributed by atoms with Crippen molar-refractivity contribution < 1.29 is 4.79 Å². The van der Waals surface area contributed by atoms with Crippen LogP contribution in [0.15, 0.2) is 24.3 Å². The van der Waals surface area contributed by atoms with Crippen LogP contribution in [0, 0.1) is 8.99 Å². The van der Waals surface area contributed by atoms with Gasteiger partial charge >= 0.3 is 0 Å². The van der Waals surface area contributed by atoms with Crippen molar-refractivity contribution in [1.82, 2.24) is 0 Å².